The van der Waals surface area contributed by atoms with Gasteiger partial charge in [-0.05, 0) is 49.8 Å². The molecule has 2 saturated heterocycles. The van der Waals surface area contributed by atoms with Crippen LogP contribution in [0.2, 0.25) is 0 Å². The van der Waals surface area contributed by atoms with Crippen molar-refractivity contribution in [1.82, 2.24) is 10.2 Å². The Labute approximate surface area is 144 Å². The summed E-state index contributed by atoms with van der Waals surface area (Å²) in [5.41, 5.74) is 4.03. The molecule has 0 aromatic heterocycles. The highest BCUT2D eigenvalue weighted by Gasteiger charge is 2.30. The first-order valence-corrected chi connectivity index (χ1v) is 9.99. The Hall–Kier alpha value is -1.00. The monoisotopic (exact) mass is 332 g/mol. The van der Waals surface area contributed by atoms with Crippen molar-refractivity contribution in [1.29, 1.82) is 0 Å². The van der Waals surface area contributed by atoms with E-state index in [0.29, 0.717) is 18.4 Å². The summed E-state index contributed by atoms with van der Waals surface area (Å²) >= 11 is 1.96. The molecule has 2 unspecified atom stereocenters. The molecule has 126 valence electrons. The first kappa shape index (κ1) is 16.8. The number of rotatable bonds is 3. The predicted octanol–water partition coefficient (Wildman–Crippen LogP) is 3.45. The third-order valence-electron chi connectivity index (χ3n) is 5.25. The zero-order valence-electron chi connectivity index (χ0n) is 14.3. The van der Waals surface area contributed by atoms with Crippen LogP contribution in [-0.2, 0) is 4.79 Å². The van der Waals surface area contributed by atoms with Crippen LogP contribution < -0.4 is 5.32 Å². The molecule has 0 radical (unpaired) electrons. The van der Waals surface area contributed by atoms with Crippen LogP contribution in [0.1, 0.15) is 48.4 Å². The van der Waals surface area contributed by atoms with E-state index in [4.69, 9.17) is 0 Å². The maximum atomic E-state index is 12.9. The van der Waals surface area contributed by atoms with Gasteiger partial charge in [0.25, 0.3) is 0 Å². The first-order chi connectivity index (χ1) is 11.2. The van der Waals surface area contributed by atoms with Gasteiger partial charge in [-0.3, -0.25) is 4.79 Å². The number of hydrogen-bond donors (Lipinski definition) is 1. The highest BCUT2D eigenvalue weighted by Crippen LogP contribution is 2.34. The second-order valence-corrected chi connectivity index (χ2v) is 7.97. The molecular weight excluding hydrogens is 304 g/mol. The molecule has 2 atom stereocenters. The van der Waals surface area contributed by atoms with E-state index in [-0.39, 0.29) is 6.04 Å². The molecule has 2 aliphatic heterocycles. The summed E-state index contributed by atoms with van der Waals surface area (Å²) in [6, 6.07) is 7.13. The number of carbonyl (C=O) groups excluding carboxylic acids is 1. The average Bonchev–Trinajstić information content (AvgIpc) is 2.58. The number of piperidine rings is 1. The fourth-order valence-electron chi connectivity index (χ4n) is 3.77. The minimum atomic E-state index is 0.271. The quantitative estimate of drug-likeness (QED) is 0.920. The van der Waals surface area contributed by atoms with E-state index in [1.807, 2.05) is 11.8 Å². The maximum Gasteiger partial charge on any atom is 0.224 e. The highest BCUT2D eigenvalue weighted by atomic mass is 32.2. The summed E-state index contributed by atoms with van der Waals surface area (Å²) in [4.78, 5) is 15.1. The fraction of sp³-hybridized carbons (Fsp3) is 0.632. The number of benzene rings is 1. The van der Waals surface area contributed by atoms with E-state index in [1.54, 1.807) is 0 Å². The largest absolute Gasteiger partial charge is 0.336 e. The Balaban J connectivity index is 1.75. The summed E-state index contributed by atoms with van der Waals surface area (Å²) in [6.45, 7) is 6.30. The summed E-state index contributed by atoms with van der Waals surface area (Å²) in [7, 11) is 0. The third-order valence-corrected chi connectivity index (χ3v) is 6.38. The van der Waals surface area contributed by atoms with Crippen molar-refractivity contribution in [2.45, 2.75) is 51.6 Å². The van der Waals surface area contributed by atoms with Crippen LogP contribution in [-0.4, -0.2) is 41.4 Å². The summed E-state index contributed by atoms with van der Waals surface area (Å²) in [5.74, 6) is 2.56. The van der Waals surface area contributed by atoms with Gasteiger partial charge < -0.3 is 10.2 Å². The number of carbonyl (C=O) groups is 1. The molecule has 1 aromatic carbocycles. The van der Waals surface area contributed by atoms with Gasteiger partial charge in [-0.25, -0.2) is 0 Å². The second-order valence-electron chi connectivity index (χ2n) is 6.82. The van der Waals surface area contributed by atoms with Crippen LogP contribution in [0, 0.1) is 13.8 Å². The van der Waals surface area contributed by atoms with E-state index >= 15 is 0 Å². The normalized spacial score (nSPS) is 25.4. The van der Waals surface area contributed by atoms with E-state index in [1.165, 1.54) is 28.9 Å². The zero-order valence-corrected chi connectivity index (χ0v) is 15.1. The van der Waals surface area contributed by atoms with Crippen molar-refractivity contribution in [3.8, 4) is 0 Å². The van der Waals surface area contributed by atoms with Crippen molar-refractivity contribution in [2.24, 2.45) is 0 Å². The first-order valence-electron chi connectivity index (χ1n) is 8.83. The lowest BCUT2D eigenvalue weighted by Gasteiger charge is -2.38. The number of hydrogen-bond acceptors (Lipinski definition) is 3. The maximum absolute atomic E-state index is 12.9. The molecule has 0 spiro atoms. The van der Waals surface area contributed by atoms with Gasteiger partial charge in [-0.2, -0.15) is 11.8 Å². The van der Waals surface area contributed by atoms with E-state index in [0.717, 1.165) is 31.7 Å². The molecule has 4 heteroatoms. The number of likely N-dealkylation sites (tertiary alicyclic amines) is 1. The Kier molecular flexibility index (Phi) is 5.65. The molecule has 2 aliphatic rings. The van der Waals surface area contributed by atoms with Gasteiger partial charge >= 0.3 is 0 Å². The number of thioether (sulfide) groups is 1. The number of nitrogens with zero attached hydrogens (tertiary/aromatic N) is 1. The van der Waals surface area contributed by atoms with E-state index in [2.05, 4.69) is 42.3 Å². The molecular formula is C19H28N2OS. The zero-order chi connectivity index (χ0) is 16.2. The Morgan fingerprint density at radius 1 is 1.35 bits per heavy atom. The van der Waals surface area contributed by atoms with Crippen molar-refractivity contribution in [2.75, 3.05) is 24.6 Å². The molecule has 0 bridgehead atoms. The van der Waals surface area contributed by atoms with Crippen molar-refractivity contribution in [3.05, 3.63) is 34.9 Å². The van der Waals surface area contributed by atoms with Gasteiger partial charge in [0.15, 0.2) is 0 Å². The molecule has 0 saturated carbocycles. The highest BCUT2D eigenvalue weighted by molar-refractivity contribution is 7.99. The molecule has 0 aliphatic carbocycles. The van der Waals surface area contributed by atoms with Crippen LogP contribution >= 0.6 is 11.8 Å². The minimum Gasteiger partial charge on any atom is -0.336 e. The summed E-state index contributed by atoms with van der Waals surface area (Å²) in [6.07, 6.45) is 4.11. The van der Waals surface area contributed by atoms with Crippen LogP contribution in [0.3, 0.4) is 0 Å². The Bertz CT molecular complexity index is 554. The molecule has 3 rings (SSSR count). The second kappa shape index (κ2) is 7.71. The van der Waals surface area contributed by atoms with Crippen LogP contribution in [0.25, 0.3) is 0 Å². The molecule has 1 N–H and O–H groups in total. The number of nitrogens with one attached hydrogen (secondary N) is 1. The lowest BCUT2D eigenvalue weighted by atomic mass is 9.90. The predicted molar refractivity (Wildman–Crippen MR) is 98.0 cm³/mol. The smallest absolute Gasteiger partial charge is 0.224 e. The Morgan fingerprint density at radius 2 is 2.22 bits per heavy atom. The average molecular weight is 333 g/mol. The molecule has 1 amide bonds. The minimum absolute atomic E-state index is 0.271. The SMILES string of the molecule is Cc1cccc(C2CCCCN2C(=O)CC2CSCCN2)c1C. The standard InChI is InChI=1S/C19H28N2OS/c1-14-6-5-7-17(15(14)2)18-8-3-4-10-21(18)19(22)12-16-13-23-11-9-20-16/h5-7,16,18,20H,3-4,8-13H2,1-2H3. The lowest BCUT2D eigenvalue weighted by Crippen LogP contribution is -2.45. The van der Waals surface area contributed by atoms with Crippen molar-refractivity contribution < 1.29 is 4.79 Å². The van der Waals surface area contributed by atoms with E-state index < -0.39 is 0 Å². The molecule has 1 aromatic rings. The van der Waals surface area contributed by atoms with Gasteiger partial charge in [0.2, 0.25) is 5.91 Å². The lowest BCUT2D eigenvalue weighted by molar-refractivity contribution is -0.135. The Morgan fingerprint density at radius 3 is 3.00 bits per heavy atom. The van der Waals surface area contributed by atoms with Crippen LogP contribution in [0.5, 0.6) is 0 Å². The summed E-state index contributed by atoms with van der Waals surface area (Å²) in [5, 5.41) is 3.50. The van der Waals surface area contributed by atoms with Crippen molar-refractivity contribution >= 4 is 17.7 Å². The molecule has 2 fully saturated rings. The van der Waals surface area contributed by atoms with Crippen LogP contribution in [0.15, 0.2) is 18.2 Å². The number of amides is 1. The van der Waals surface area contributed by atoms with Gasteiger partial charge in [-0.1, -0.05) is 18.2 Å². The van der Waals surface area contributed by atoms with Crippen molar-refractivity contribution in [3.63, 3.8) is 0 Å². The van der Waals surface area contributed by atoms with Crippen LogP contribution in [0.4, 0.5) is 0 Å². The third kappa shape index (κ3) is 3.92. The number of aryl methyl sites for hydroxylation is 1. The van der Waals surface area contributed by atoms with Gasteiger partial charge in [0, 0.05) is 37.1 Å². The summed E-state index contributed by atoms with van der Waals surface area (Å²) < 4.78 is 0. The topological polar surface area (TPSA) is 32.3 Å². The molecule has 3 nitrogen and oxygen atoms in total. The van der Waals surface area contributed by atoms with Gasteiger partial charge in [0.05, 0.1) is 6.04 Å². The fourth-order valence-corrected chi connectivity index (χ4v) is 4.72. The van der Waals surface area contributed by atoms with Gasteiger partial charge in [-0.15, -0.1) is 0 Å². The van der Waals surface area contributed by atoms with Gasteiger partial charge in [0.1, 0.15) is 0 Å². The van der Waals surface area contributed by atoms with E-state index in [9.17, 15) is 4.79 Å². The molecule has 23 heavy (non-hydrogen) atoms. The molecule has 2 heterocycles.